The Morgan fingerprint density at radius 1 is 1.46 bits per heavy atom. The number of nitrogens with zero attached hydrogens (tertiary/aromatic N) is 2. The van der Waals surface area contributed by atoms with E-state index in [1.54, 1.807) is 0 Å². The lowest BCUT2D eigenvalue weighted by Gasteiger charge is -2.32. The smallest absolute Gasteiger partial charge is 0.236 e. The molecule has 1 saturated heterocycles. The molecule has 0 saturated carbocycles. The molecule has 0 aromatic heterocycles. The molecule has 1 aromatic carbocycles. The van der Waals surface area contributed by atoms with Gasteiger partial charge in [-0.1, -0.05) is 0 Å². The highest BCUT2D eigenvalue weighted by molar-refractivity contribution is 5.78. The summed E-state index contributed by atoms with van der Waals surface area (Å²) in [6.45, 7) is 4.98. The van der Waals surface area contributed by atoms with Gasteiger partial charge in [-0.3, -0.25) is 9.69 Å². The number of amides is 1. The highest BCUT2D eigenvalue weighted by atomic mass is 19.1. The van der Waals surface area contributed by atoms with Crippen molar-refractivity contribution in [1.29, 1.82) is 0 Å². The van der Waals surface area contributed by atoms with Crippen molar-refractivity contribution >= 4 is 5.91 Å². The lowest BCUT2D eigenvalue weighted by atomic mass is 10.1. The zero-order chi connectivity index (χ0) is 17.1. The van der Waals surface area contributed by atoms with Gasteiger partial charge in [-0.2, -0.15) is 0 Å². The van der Waals surface area contributed by atoms with Crippen LogP contribution < -0.4 is 4.74 Å². The molecule has 0 radical (unpaired) electrons. The molecule has 0 spiro atoms. The molecule has 0 N–H and O–H groups in total. The van der Waals surface area contributed by atoms with E-state index in [9.17, 15) is 9.18 Å². The molecule has 1 aromatic rings. The molecule has 132 valence electrons. The van der Waals surface area contributed by atoms with Crippen LogP contribution in [0.1, 0.15) is 18.1 Å². The molecule has 2 aliphatic heterocycles. The topological polar surface area (TPSA) is 51.2 Å². The highest BCUT2D eigenvalue weighted by Gasteiger charge is 2.23. The molecule has 1 fully saturated rings. The maximum absolute atomic E-state index is 13.8. The van der Waals surface area contributed by atoms with Crippen molar-refractivity contribution in [3.8, 4) is 5.75 Å². The molecule has 2 heterocycles. The summed E-state index contributed by atoms with van der Waals surface area (Å²) in [5.41, 5.74) is 1.44. The van der Waals surface area contributed by atoms with Gasteiger partial charge in [0.25, 0.3) is 0 Å². The first-order chi connectivity index (χ1) is 11.5. The van der Waals surface area contributed by atoms with E-state index in [0.29, 0.717) is 44.2 Å². The zero-order valence-corrected chi connectivity index (χ0v) is 14.1. The number of carbonyl (C=O) groups is 1. The SMILES string of the molecule is C[C@H]1CN(C(=O)CN(C)Cc2cc(F)cc3c2OCOC3)CCO1. The number of morpholine rings is 1. The molecule has 0 unspecified atom stereocenters. The van der Waals surface area contributed by atoms with Crippen molar-refractivity contribution in [3.05, 3.63) is 29.1 Å². The van der Waals surface area contributed by atoms with Crippen LogP contribution in [0, 0.1) is 5.82 Å². The fourth-order valence-corrected chi connectivity index (χ4v) is 3.10. The van der Waals surface area contributed by atoms with Gasteiger partial charge in [-0.15, -0.1) is 0 Å². The number of carbonyl (C=O) groups excluding carboxylic acids is 1. The second-order valence-corrected chi connectivity index (χ2v) is 6.36. The van der Waals surface area contributed by atoms with Gasteiger partial charge in [0.15, 0.2) is 6.79 Å². The van der Waals surface area contributed by atoms with E-state index in [1.165, 1.54) is 12.1 Å². The quantitative estimate of drug-likeness (QED) is 0.830. The van der Waals surface area contributed by atoms with E-state index >= 15 is 0 Å². The average Bonchev–Trinajstić information content (AvgIpc) is 2.54. The monoisotopic (exact) mass is 338 g/mol. The number of halogens is 1. The van der Waals surface area contributed by atoms with Crippen LogP contribution >= 0.6 is 0 Å². The molecule has 2 aliphatic rings. The van der Waals surface area contributed by atoms with E-state index in [1.807, 2.05) is 23.8 Å². The first kappa shape index (κ1) is 17.1. The number of benzene rings is 1. The van der Waals surface area contributed by atoms with Gasteiger partial charge in [-0.25, -0.2) is 4.39 Å². The lowest BCUT2D eigenvalue weighted by Crippen LogP contribution is -2.47. The van der Waals surface area contributed by atoms with Crippen molar-refractivity contribution in [2.75, 3.05) is 40.1 Å². The van der Waals surface area contributed by atoms with Crippen molar-refractivity contribution in [3.63, 3.8) is 0 Å². The van der Waals surface area contributed by atoms with Crippen molar-refractivity contribution in [2.24, 2.45) is 0 Å². The van der Waals surface area contributed by atoms with Crippen LogP contribution in [0.25, 0.3) is 0 Å². The summed E-state index contributed by atoms with van der Waals surface area (Å²) in [5, 5.41) is 0. The van der Waals surface area contributed by atoms with Crippen LogP contribution in [0.2, 0.25) is 0 Å². The van der Waals surface area contributed by atoms with Gasteiger partial charge < -0.3 is 19.1 Å². The van der Waals surface area contributed by atoms with Crippen molar-refractivity contribution in [1.82, 2.24) is 9.80 Å². The molecule has 1 amide bonds. The van der Waals surface area contributed by atoms with E-state index < -0.39 is 0 Å². The first-order valence-corrected chi connectivity index (χ1v) is 8.12. The van der Waals surface area contributed by atoms with Crippen LogP contribution in [0.4, 0.5) is 4.39 Å². The molecule has 0 bridgehead atoms. The van der Waals surface area contributed by atoms with Gasteiger partial charge in [0.1, 0.15) is 11.6 Å². The van der Waals surface area contributed by atoms with Crippen LogP contribution in [0.15, 0.2) is 12.1 Å². The second kappa shape index (κ2) is 7.46. The maximum atomic E-state index is 13.8. The third-order valence-corrected chi connectivity index (χ3v) is 4.19. The summed E-state index contributed by atoms with van der Waals surface area (Å²) in [6, 6.07) is 2.89. The van der Waals surface area contributed by atoms with Crippen LogP contribution in [0.5, 0.6) is 5.75 Å². The van der Waals surface area contributed by atoms with Gasteiger partial charge >= 0.3 is 0 Å². The average molecular weight is 338 g/mol. The Balaban J connectivity index is 1.63. The predicted octanol–water partition coefficient (Wildman–Crippen LogP) is 1.37. The summed E-state index contributed by atoms with van der Waals surface area (Å²) in [6.07, 6.45) is 0.0663. The molecular weight excluding hydrogens is 315 g/mol. The molecule has 0 aliphatic carbocycles. The fourth-order valence-electron chi connectivity index (χ4n) is 3.10. The summed E-state index contributed by atoms with van der Waals surface area (Å²) in [5.74, 6) is 0.406. The minimum atomic E-state index is -0.320. The van der Waals surface area contributed by atoms with E-state index in [-0.39, 0.29) is 31.2 Å². The Morgan fingerprint density at radius 3 is 3.08 bits per heavy atom. The van der Waals surface area contributed by atoms with Crippen molar-refractivity contribution < 1.29 is 23.4 Å². The zero-order valence-electron chi connectivity index (χ0n) is 14.1. The number of rotatable bonds is 4. The third kappa shape index (κ3) is 4.03. The summed E-state index contributed by atoms with van der Waals surface area (Å²) < 4.78 is 29.9. The van der Waals surface area contributed by atoms with E-state index in [0.717, 1.165) is 5.56 Å². The summed E-state index contributed by atoms with van der Waals surface area (Å²) in [7, 11) is 1.85. The Labute approximate surface area is 141 Å². The highest BCUT2D eigenvalue weighted by Crippen LogP contribution is 2.30. The largest absolute Gasteiger partial charge is 0.467 e. The number of hydrogen-bond donors (Lipinski definition) is 0. The van der Waals surface area contributed by atoms with Crippen LogP contribution in [0.3, 0.4) is 0 Å². The third-order valence-electron chi connectivity index (χ3n) is 4.19. The second-order valence-electron chi connectivity index (χ2n) is 6.36. The maximum Gasteiger partial charge on any atom is 0.236 e. The van der Waals surface area contributed by atoms with Gasteiger partial charge in [0.2, 0.25) is 5.91 Å². The normalized spacial score (nSPS) is 20.7. The molecule has 1 atom stereocenters. The number of ether oxygens (including phenoxy) is 3. The van der Waals surface area contributed by atoms with Gasteiger partial charge in [0, 0.05) is 30.8 Å². The molecule has 3 rings (SSSR count). The van der Waals surface area contributed by atoms with Crippen molar-refractivity contribution in [2.45, 2.75) is 26.2 Å². The molecule has 24 heavy (non-hydrogen) atoms. The lowest BCUT2D eigenvalue weighted by molar-refractivity contribution is -0.139. The fraction of sp³-hybridized carbons (Fsp3) is 0.588. The molecular formula is C17H23FN2O4. The van der Waals surface area contributed by atoms with Gasteiger partial charge in [0.05, 0.1) is 25.9 Å². The standard InChI is InChI=1S/C17H23FN2O4/c1-12-7-20(3-4-23-12)16(21)9-19(2)8-13-5-15(18)6-14-10-22-11-24-17(13)14/h5-6,12H,3-4,7-11H2,1-2H3/t12-/m0/s1. The Morgan fingerprint density at radius 2 is 2.29 bits per heavy atom. The summed E-state index contributed by atoms with van der Waals surface area (Å²) in [4.78, 5) is 16.1. The van der Waals surface area contributed by atoms with E-state index in [2.05, 4.69) is 0 Å². The number of likely N-dealkylation sites (N-methyl/N-ethyl adjacent to an activating group) is 1. The van der Waals surface area contributed by atoms with Gasteiger partial charge in [-0.05, 0) is 26.1 Å². The Hall–Kier alpha value is -1.70. The Kier molecular flexibility index (Phi) is 5.33. The number of hydrogen-bond acceptors (Lipinski definition) is 5. The minimum Gasteiger partial charge on any atom is -0.467 e. The van der Waals surface area contributed by atoms with Crippen LogP contribution in [-0.2, 0) is 27.4 Å². The minimum absolute atomic E-state index is 0.0576. The summed E-state index contributed by atoms with van der Waals surface area (Å²) >= 11 is 0. The Bertz CT molecular complexity index is 610. The molecule has 7 heteroatoms. The number of fused-ring (bicyclic) bond motifs is 1. The molecule has 6 nitrogen and oxygen atoms in total. The van der Waals surface area contributed by atoms with E-state index in [4.69, 9.17) is 14.2 Å². The predicted molar refractivity (Wildman–Crippen MR) is 85.0 cm³/mol. The first-order valence-electron chi connectivity index (χ1n) is 8.12. The van der Waals surface area contributed by atoms with Crippen LogP contribution in [-0.4, -0.2) is 61.9 Å².